The smallest absolute Gasteiger partial charge is 0.268 e. The third-order valence-corrected chi connectivity index (χ3v) is 7.00. The number of fused-ring (bicyclic) bond motifs is 1. The lowest BCUT2D eigenvalue weighted by atomic mass is 10.1. The van der Waals surface area contributed by atoms with Crippen molar-refractivity contribution in [1.29, 1.82) is 0 Å². The van der Waals surface area contributed by atoms with Gasteiger partial charge in [0.15, 0.2) is 6.10 Å². The fourth-order valence-electron chi connectivity index (χ4n) is 4.26. The van der Waals surface area contributed by atoms with Gasteiger partial charge in [-0.05, 0) is 37.5 Å². The van der Waals surface area contributed by atoms with E-state index in [0.29, 0.717) is 24.4 Å². The van der Waals surface area contributed by atoms with E-state index in [1.54, 1.807) is 11.3 Å². The van der Waals surface area contributed by atoms with E-state index in [0.717, 1.165) is 41.3 Å². The highest BCUT2D eigenvalue weighted by Gasteiger charge is 2.35. The number of thiazole rings is 1. The Morgan fingerprint density at radius 1 is 1.21 bits per heavy atom. The van der Waals surface area contributed by atoms with Crippen LogP contribution < -0.4 is 15.0 Å². The summed E-state index contributed by atoms with van der Waals surface area (Å²) in [7, 11) is 0. The van der Waals surface area contributed by atoms with Crippen LogP contribution in [0.5, 0.6) is 5.75 Å². The van der Waals surface area contributed by atoms with Crippen LogP contribution in [0.25, 0.3) is 21.8 Å². The molecule has 2 atom stereocenters. The number of nitrogens with zero attached hydrogens (tertiary/aromatic N) is 2. The molecule has 1 aromatic heterocycles. The molecule has 3 aromatic rings. The first-order valence-corrected chi connectivity index (χ1v) is 12.5. The second kappa shape index (κ2) is 9.95. The maximum atomic E-state index is 13.1. The topological polar surface area (TPSA) is 80.8 Å². The van der Waals surface area contributed by atoms with Crippen LogP contribution in [0.15, 0.2) is 53.9 Å². The van der Waals surface area contributed by atoms with Crippen LogP contribution >= 0.6 is 11.3 Å². The average Bonchev–Trinajstić information content (AvgIpc) is 3.57. The molecule has 2 aliphatic rings. The van der Waals surface area contributed by atoms with Crippen molar-refractivity contribution in [2.24, 2.45) is 0 Å². The Labute approximate surface area is 202 Å². The van der Waals surface area contributed by atoms with Crippen LogP contribution in [-0.4, -0.2) is 48.7 Å². The maximum Gasteiger partial charge on any atom is 0.268 e. The fourth-order valence-corrected chi connectivity index (χ4v) is 5.09. The Balaban J connectivity index is 1.39. The molecule has 1 saturated heterocycles. The standard InChI is InChI=1S/C26H27N3O4S/c1-2-22-26(31)29(15-24(30)27-14-19-9-6-12-32-19)21-13-18(10-11-23(21)33-22)20-16-34-25(28-20)17-7-4-3-5-8-17/h3-5,7-8,10-11,13,16,19,22H,2,6,9,12,14-15H2,1H3,(H,27,30). The number of hydrogen-bond acceptors (Lipinski definition) is 6. The van der Waals surface area contributed by atoms with Gasteiger partial charge in [0.1, 0.15) is 17.3 Å². The molecule has 1 N–H and O–H groups in total. The van der Waals surface area contributed by atoms with Crippen molar-refractivity contribution < 1.29 is 19.1 Å². The van der Waals surface area contributed by atoms with Crippen LogP contribution in [0.4, 0.5) is 5.69 Å². The lowest BCUT2D eigenvalue weighted by Crippen LogP contribution is -2.50. The molecular weight excluding hydrogens is 450 g/mol. The summed E-state index contributed by atoms with van der Waals surface area (Å²) < 4.78 is 11.5. The fraction of sp³-hybridized carbons (Fsp3) is 0.346. The predicted octanol–water partition coefficient (Wildman–Crippen LogP) is 4.28. The second-order valence-electron chi connectivity index (χ2n) is 8.46. The Hall–Kier alpha value is -3.23. The van der Waals surface area contributed by atoms with Gasteiger partial charge in [-0.3, -0.25) is 14.5 Å². The maximum absolute atomic E-state index is 13.1. The molecule has 0 spiro atoms. The van der Waals surface area contributed by atoms with Gasteiger partial charge in [-0.25, -0.2) is 4.98 Å². The van der Waals surface area contributed by atoms with Crippen molar-refractivity contribution in [3.8, 4) is 27.6 Å². The lowest BCUT2D eigenvalue weighted by Gasteiger charge is -2.34. The normalized spacial score (nSPS) is 19.6. The van der Waals surface area contributed by atoms with Crippen molar-refractivity contribution in [3.05, 3.63) is 53.9 Å². The number of amides is 2. The highest BCUT2D eigenvalue weighted by atomic mass is 32.1. The van der Waals surface area contributed by atoms with Gasteiger partial charge in [0.05, 0.1) is 17.5 Å². The number of rotatable bonds is 7. The minimum atomic E-state index is -0.603. The number of benzene rings is 2. The first kappa shape index (κ1) is 22.6. The quantitative estimate of drug-likeness (QED) is 0.550. The van der Waals surface area contributed by atoms with E-state index in [2.05, 4.69) is 5.32 Å². The number of carbonyl (C=O) groups is 2. The molecule has 7 nitrogen and oxygen atoms in total. The van der Waals surface area contributed by atoms with Gasteiger partial charge in [-0.15, -0.1) is 11.3 Å². The Morgan fingerprint density at radius 2 is 2.06 bits per heavy atom. The highest BCUT2D eigenvalue weighted by Crippen LogP contribution is 2.39. The molecular formula is C26H27N3O4S. The molecule has 0 aliphatic carbocycles. The summed E-state index contributed by atoms with van der Waals surface area (Å²) in [6.45, 7) is 3.04. The second-order valence-corrected chi connectivity index (χ2v) is 9.32. The van der Waals surface area contributed by atoms with E-state index < -0.39 is 6.10 Å². The molecule has 8 heteroatoms. The highest BCUT2D eigenvalue weighted by molar-refractivity contribution is 7.13. The molecule has 176 valence electrons. The molecule has 1 fully saturated rings. The molecule has 2 amide bonds. The minimum absolute atomic E-state index is 0.0510. The summed E-state index contributed by atoms with van der Waals surface area (Å²) in [5.41, 5.74) is 3.34. The summed E-state index contributed by atoms with van der Waals surface area (Å²) in [4.78, 5) is 32.2. The van der Waals surface area contributed by atoms with E-state index in [4.69, 9.17) is 14.5 Å². The van der Waals surface area contributed by atoms with E-state index >= 15 is 0 Å². The monoisotopic (exact) mass is 477 g/mol. The molecule has 2 aliphatic heterocycles. The van der Waals surface area contributed by atoms with Crippen LogP contribution in [0.1, 0.15) is 26.2 Å². The van der Waals surface area contributed by atoms with E-state index in [9.17, 15) is 9.59 Å². The Kier molecular flexibility index (Phi) is 6.60. The minimum Gasteiger partial charge on any atom is -0.478 e. The average molecular weight is 478 g/mol. The van der Waals surface area contributed by atoms with E-state index in [1.807, 2.05) is 60.8 Å². The van der Waals surface area contributed by atoms with Gasteiger partial charge in [0.2, 0.25) is 5.91 Å². The van der Waals surface area contributed by atoms with Gasteiger partial charge in [-0.2, -0.15) is 0 Å². The molecule has 2 aromatic carbocycles. The van der Waals surface area contributed by atoms with Gasteiger partial charge in [0.25, 0.3) is 5.91 Å². The molecule has 3 heterocycles. The van der Waals surface area contributed by atoms with Crippen molar-refractivity contribution in [1.82, 2.24) is 10.3 Å². The largest absolute Gasteiger partial charge is 0.478 e. The van der Waals surface area contributed by atoms with Crippen LogP contribution in [0.2, 0.25) is 0 Å². The van der Waals surface area contributed by atoms with Gasteiger partial charge >= 0.3 is 0 Å². The van der Waals surface area contributed by atoms with E-state index in [-0.39, 0.29) is 24.5 Å². The molecule has 34 heavy (non-hydrogen) atoms. The van der Waals surface area contributed by atoms with Crippen molar-refractivity contribution in [2.45, 2.75) is 38.4 Å². The molecule has 5 rings (SSSR count). The van der Waals surface area contributed by atoms with E-state index in [1.165, 1.54) is 4.90 Å². The van der Waals surface area contributed by atoms with Crippen LogP contribution in [-0.2, 0) is 14.3 Å². The molecule has 2 unspecified atom stereocenters. The first-order valence-electron chi connectivity index (χ1n) is 11.6. The lowest BCUT2D eigenvalue weighted by molar-refractivity contribution is -0.129. The number of aromatic nitrogens is 1. The summed E-state index contributed by atoms with van der Waals surface area (Å²) in [6, 6.07) is 15.7. The van der Waals surface area contributed by atoms with Crippen molar-refractivity contribution in [2.75, 3.05) is 24.6 Å². The summed E-state index contributed by atoms with van der Waals surface area (Å²) in [6.07, 6.45) is 1.93. The third kappa shape index (κ3) is 4.69. The number of ether oxygens (including phenoxy) is 2. The number of hydrogen-bond donors (Lipinski definition) is 1. The number of carbonyl (C=O) groups excluding carboxylic acids is 2. The third-order valence-electron chi connectivity index (χ3n) is 6.10. The molecule has 0 saturated carbocycles. The summed E-state index contributed by atoms with van der Waals surface area (Å²) >= 11 is 1.57. The van der Waals surface area contributed by atoms with Crippen LogP contribution in [0, 0.1) is 0 Å². The number of nitrogens with one attached hydrogen (secondary N) is 1. The van der Waals surface area contributed by atoms with Gasteiger partial charge in [0, 0.05) is 29.7 Å². The molecule has 0 radical (unpaired) electrons. The van der Waals surface area contributed by atoms with Crippen LogP contribution in [0.3, 0.4) is 0 Å². The zero-order chi connectivity index (χ0) is 23.5. The van der Waals surface area contributed by atoms with Gasteiger partial charge < -0.3 is 14.8 Å². The summed E-state index contributed by atoms with van der Waals surface area (Å²) in [5.74, 6) is 0.181. The Bertz CT molecular complexity index is 1170. The zero-order valence-corrected chi connectivity index (χ0v) is 19.8. The van der Waals surface area contributed by atoms with Crippen molar-refractivity contribution in [3.63, 3.8) is 0 Å². The van der Waals surface area contributed by atoms with Gasteiger partial charge in [-0.1, -0.05) is 37.3 Å². The Morgan fingerprint density at radius 3 is 2.82 bits per heavy atom. The first-order chi connectivity index (χ1) is 16.6. The summed E-state index contributed by atoms with van der Waals surface area (Å²) in [5, 5.41) is 5.85. The number of anilines is 1. The predicted molar refractivity (Wildman–Crippen MR) is 132 cm³/mol. The SMILES string of the molecule is CCC1Oc2ccc(-c3csc(-c4ccccc4)n3)cc2N(CC(=O)NCC2CCCO2)C1=O. The molecule has 0 bridgehead atoms. The zero-order valence-electron chi connectivity index (χ0n) is 19.0. The van der Waals surface area contributed by atoms with Crippen molar-refractivity contribution >= 4 is 28.8 Å².